The maximum atomic E-state index is 13.8. The molecule has 1 saturated heterocycles. The SMILES string of the molecule is COc1cc(NCCN2CCCC2)c(F)cc1[N+](=O)[O-]. The first-order valence-corrected chi connectivity index (χ1v) is 6.60. The van der Waals surface area contributed by atoms with E-state index in [9.17, 15) is 14.5 Å². The molecule has 1 aromatic carbocycles. The number of anilines is 1. The molecule has 110 valence electrons. The first-order chi connectivity index (χ1) is 9.61. The summed E-state index contributed by atoms with van der Waals surface area (Å²) in [5, 5.41) is 13.7. The summed E-state index contributed by atoms with van der Waals surface area (Å²) < 4.78 is 18.7. The van der Waals surface area contributed by atoms with Gasteiger partial charge >= 0.3 is 5.69 Å². The third-order valence-corrected chi connectivity index (χ3v) is 3.41. The summed E-state index contributed by atoms with van der Waals surface area (Å²) in [7, 11) is 1.33. The van der Waals surface area contributed by atoms with Crippen molar-refractivity contribution in [1.82, 2.24) is 4.90 Å². The lowest BCUT2D eigenvalue weighted by molar-refractivity contribution is -0.385. The van der Waals surface area contributed by atoms with Gasteiger partial charge in [0.05, 0.1) is 23.8 Å². The highest BCUT2D eigenvalue weighted by Crippen LogP contribution is 2.32. The molecule has 0 amide bonds. The van der Waals surface area contributed by atoms with Crippen molar-refractivity contribution in [2.45, 2.75) is 12.8 Å². The average Bonchev–Trinajstić information content (AvgIpc) is 2.93. The molecule has 1 aliphatic heterocycles. The van der Waals surface area contributed by atoms with Crippen molar-refractivity contribution >= 4 is 11.4 Å². The van der Waals surface area contributed by atoms with Crippen LogP contribution >= 0.6 is 0 Å². The van der Waals surface area contributed by atoms with Gasteiger partial charge in [-0.1, -0.05) is 0 Å². The molecule has 0 bridgehead atoms. The Bertz CT molecular complexity index is 490. The topological polar surface area (TPSA) is 67.6 Å². The van der Waals surface area contributed by atoms with Gasteiger partial charge in [0.15, 0.2) is 11.6 Å². The maximum Gasteiger partial charge on any atom is 0.313 e. The van der Waals surface area contributed by atoms with Crippen molar-refractivity contribution in [3.63, 3.8) is 0 Å². The van der Waals surface area contributed by atoms with Crippen LogP contribution in [0.3, 0.4) is 0 Å². The number of halogens is 1. The lowest BCUT2D eigenvalue weighted by Gasteiger charge is -2.16. The largest absolute Gasteiger partial charge is 0.490 e. The number of rotatable bonds is 6. The number of methoxy groups -OCH3 is 1. The summed E-state index contributed by atoms with van der Waals surface area (Å²) >= 11 is 0. The van der Waals surface area contributed by atoms with Gasteiger partial charge in [-0.2, -0.15) is 0 Å². The Morgan fingerprint density at radius 1 is 1.45 bits per heavy atom. The highest BCUT2D eigenvalue weighted by atomic mass is 19.1. The van der Waals surface area contributed by atoms with Gasteiger partial charge in [-0.15, -0.1) is 0 Å². The Hall–Kier alpha value is -1.89. The van der Waals surface area contributed by atoms with Crippen LogP contribution in [0.25, 0.3) is 0 Å². The summed E-state index contributed by atoms with van der Waals surface area (Å²) in [5.74, 6) is -0.584. The molecule has 0 unspecified atom stereocenters. The van der Waals surface area contributed by atoms with Crippen molar-refractivity contribution in [2.24, 2.45) is 0 Å². The van der Waals surface area contributed by atoms with Crippen molar-refractivity contribution in [2.75, 3.05) is 38.6 Å². The van der Waals surface area contributed by atoms with Gasteiger partial charge < -0.3 is 15.0 Å². The minimum absolute atomic E-state index is 0.0556. The van der Waals surface area contributed by atoms with E-state index in [1.807, 2.05) is 0 Å². The van der Waals surface area contributed by atoms with Gasteiger partial charge in [0.1, 0.15) is 0 Å². The molecule has 1 aliphatic rings. The lowest BCUT2D eigenvalue weighted by Crippen LogP contribution is -2.26. The van der Waals surface area contributed by atoms with Gasteiger partial charge in [0.25, 0.3) is 0 Å². The van der Waals surface area contributed by atoms with E-state index >= 15 is 0 Å². The first-order valence-electron chi connectivity index (χ1n) is 6.60. The molecule has 0 spiro atoms. The van der Waals surface area contributed by atoms with E-state index in [1.54, 1.807) is 0 Å². The van der Waals surface area contributed by atoms with E-state index in [4.69, 9.17) is 4.74 Å². The standard InChI is InChI=1S/C13H18FN3O3/c1-20-13-9-11(10(14)8-12(13)17(18)19)15-4-7-16-5-2-3-6-16/h8-9,15H,2-7H2,1H3. The van der Waals surface area contributed by atoms with E-state index in [1.165, 1.54) is 26.0 Å². The number of nitrogens with zero attached hydrogens (tertiary/aromatic N) is 2. The molecule has 0 radical (unpaired) electrons. The molecule has 2 rings (SSSR count). The Morgan fingerprint density at radius 3 is 2.75 bits per heavy atom. The molecule has 1 fully saturated rings. The van der Waals surface area contributed by atoms with Crippen molar-refractivity contribution < 1.29 is 14.1 Å². The first kappa shape index (κ1) is 14.5. The maximum absolute atomic E-state index is 13.8. The van der Waals surface area contributed by atoms with E-state index in [-0.39, 0.29) is 17.1 Å². The van der Waals surface area contributed by atoms with Crippen molar-refractivity contribution in [1.29, 1.82) is 0 Å². The van der Waals surface area contributed by atoms with Gasteiger partial charge in [0, 0.05) is 19.2 Å². The molecule has 6 nitrogen and oxygen atoms in total. The predicted molar refractivity (Wildman–Crippen MR) is 73.8 cm³/mol. The van der Waals surface area contributed by atoms with Gasteiger partial charge in [-0.05, 0) is 25.9 Å². The number of hydrogen-bond acceptors (Lipinski definition) is 5. The number of nitro groups is 1. The Kier molecular flexibility index (Phi) is 4.73. The van der Waals surface area contributed by atoms with Crippen molar-refractivity contribution in [3.05, 3.63) is 28.1 Å². The number of nitro benzene ring substituents is 1. The molecular formula is C13H18FN3O3. The Balaban J connectivity index is 2.01. The molecule has 0 aliphatic carbocycles. The predicted octanol–water partition coefficient (Wildman–Crippen LogP) is 2.25. The second-order valence-electron chi connectivity index (χ2n) is 4.74. The Labute approximate surface area is 116 Å². The molecule has 0 aromatic heterocycles. The summed E-state index contributed by atoms with van der Waals surface area (Å²) in [6, 6.07) is 2.22. The van der Waals surface area contributed by atoms with E-state index in [0.717, 1.165) is 25.7 Å². The zero-order valence-corrected chi connectivity index (χ0v) is 11.4. The third kappa shape index (κ3) is 3.36. The smallest absolute Gasteiger partial charge is 0.313 e. The number of nitrogens with one attached hydrogen (secondary N) is 1. The monoisotopic (exact) mass is 283 g/mol. The number of hydrogen-bond donors (Lipinski definition) is 1. The molecule has 0 atom stereocenters. The highest BCUT2D eigenvalue weighted by molar-refractivity contribution is 5.59. The fourth-order valence-corrected chi connectivity index (χ4v) is 2.34. The molecule has 1 N–H and O–H groups in total. The van der Waals surface area contributed by atoms with Crippen LogP contribution in [0.5, 0.6) is 5.75 Å². The van der Waals surface area contributed by atoms with Crippen LogP contribution < -0.4 is 10.1 Å². The normalized spacial score (nSPS) is 15.3. The van der Waals surface area contributed by atoms with Crippen molar-refractivity contribution in [3.8, 4) is 5.75 Å². The van der Waals surface area contributed by atoms with Crippen LogP contribution in [-0.2, 0) is 0 Å². The summed E-state index contributed by atoms with van der Waals surface area (Å²) in [5.41, 5.74) is -0.137. The summed E-state index contributed by atoms with van der Waals surface area (Å²) in [4.78, 5) is 12.4. The van der Waals surface area contributed by atoms with Crippen LogP contribution in [0.2, 0.25) is 0 Å². The van der Waals surface area contributed by atoms with E-state index in [0.29, 0.717) is 6.54 Å². The van der Waals surface area contributed by atoms with E-state index < -0.39 is 10.7 Å². The third-order valence-electron chi connectivity index (χ3n) is 3.41. The van der Waals surface area contributed by atoms with Gasteiger partial charge in [-0.3, -0.25) is 10.1 Å². The second-order valence-corrected chi connectivity index (χ2v) is 4.74. The molecule has 1 aromatic rings. The fourth-order valence-electron chi connectivity index (χ4n) is 2.34. The van der Waals surface area contributed by atoms with Crippen LogP contribution in [0.4, 0.5) is 15.8 Å². The molecule has 7 heteroatoms. The fraction of sp³-hybridized carbons (Fsp3) is 0.538. The lowest BCUT2D eigenvalue weighted by atomic mass is 10.2. The quantitative estimate of drug-likeness (QED) is 0.640. The highest BCUT2D eigenvalue weighted by Gasteiger charge is 2.19. The average molecular weight is 283 g/mol. The van der Waals surface area contributed by atoms with Gasteiger partial charge in [0.2, 0.25) is 0 Å². The van der Waals surface area contributed by atoms with Crippen LogP contribution in [0, 0.1) is 15.9 Å². The zero-order chi connectivity index (χ0) is 14.5. The summed E-state index contributed by atoms with van der Waals surface area (Å²) in [6.45, 7) is 3.58. The zero-order valence-electron chi connectivity index (χ0n) is 11.4. The minimum atomic E-state index is -0.657. The second kappa shape index (κ2) is 6.51. The Morgan fingerprint density at radius 2 is 2.15 bits per heavy atom. The van der Waals surface area contributed by atoms with Crippen LogP contribution in [-0.4, -0.2) is 43.1 Å². The van der Waals surface area contributed by atoms with Crippen LogP contribution in [0.15, 0.2) is 12.1 Å². The molecular weight excluding hydrogens is 265 g/mol. The summed E-state index contributed by atoms with van der Waals surface area (Å²) in [6.07, 6.45) is 2.42. The van der Waals surface area contributed by atoms with Gasteiger partial charge in [-0.25, -0.2) is 4.39 Å². The number of ether oxygens (including phenoxy) is 1. The minimum Gasteiger partial charge on any atom is -0.490 e. The number of benzene rings is 1. The van der Waals surface area contributed by atoms with Crippen LogP contribution in [0.1, 0.15) is 12.8 Å². The molecule has 0 saturated carbocycles. The molecule has 20 heavy (non-hydrogen) atoms. The molecule has 1 heterocycles. The van der Waals surface area contributed by atoms with E-state index in [2.05, 4.69) is 10.2 Å². The number of likely N-dealkylation sites (tertiary alicyclic amines) is 1.